The monoisotopic (exact) mass is 571 g/mol. The summed E-state index contributed by atoms with van der Waals surface area (Å²) in [5.74, 6) is 1.54. The Hall–Kier alpha value is -3.16. The lowest BCUT2D eigenvalue weighted by atomic mass is 9.79. The quantitative estimate of drug-likeness (QED) is 0.347. The van der Waals surface area contributed by atoms with Gasteiger partial charge in [-0.15, -0.1) is 11.3 Å². The molecule has 216 valence electrons. The lowest BCUT2D eigenvalue weighted by molar-refractivity contribution is -0.163. The lowest BCUT2D eigenvalue weighted by Crippen LogP contribution is -2.72. The number of piperazine rings is 1. The third kappa shape index (κ3) is 6.07. The van der Waals surface area contributed by atoms with Gasteiger partial charge in [0.25, 0.3) is 0 Å². The number of nitrogens with zero attached hydrogens (tertiary/aromatic N) is 2. The van der Waals surface area contributed by atoms with Crippen LogP contribution in [0, 0.1) is 5.92 Å². The summed E-state index contributed by atoms with van der Waals surface area (Å²) < 4.78 is 5.30. The van der Waals surface area contributed by atoms with E-state index in [1.807, 2.05) is 46.6 Å². The summed E-state index contributed by atoms with van der Waals surface area (Å²) in [7, 11) is 1.69. The topological polar surface area (TPSA) is 61.9 Å². The first-order valence-corrected chi connectivity index (χ1v) is 16.0. The number of hydrogen-bond donors (Lipinski definition) is 1. The highest BCUT2D eigenvalue weighted by Crippen LogP contribution is 2.38. The number of ether oxygens (including phenoxy) is 1. The molecular weight excluding hydrogens is 530 g/mol. The summed E-state index contributed by atoms with van der Waals surface area (Å²) in [6.07, 6.45) is 8.18. The van der Waals surface area contributed by atoms with Crippen LogP contribution in [0.25, 0.3) is 10.4 Å². The van der Waals surface area contributed by atoms with E-state index < -0.39 is 11.6 Å². The van der Waals surface area contributed by atoms with Crippen molar-refractivity contribution < 1.29 is 14.3 Å². The normalized spacial score (nSPS) is 21.7. The third-order valence-corrected chi connectivity index (χ3v) is 10.5. The first-order valence-electron chi connectivity index (χ1n) is 15.2. The second kappa shape index (κ2) is 12.4. The van der Waals surface area contributed by atoms with Gasteiger partial charge in [0.05, 0.1) is 7.11 Å². The first kappa shape index (κ1) is 28.0. The number of benzene rings is 2. The van der Waals surface area contributed by atoms with Gasteiger partial charge in [0.2, 0.25) is 11.8 Å². The van der Waals surface area contributed by atoms with Crippen LogP contribution in [0.3, 0.4) is 0 Å². The van der Waals surface area contributed by atoms with E-state index >= 15 is 0 Å². The fraction of sp³-hybridized carbons (Fsp3) is 0.471. The summed E-state index contributed by atoms with van der Waals surface area (Å²) in [6, 6.07) is 22.3. The molecule has 6 nitrogen and oxygen atoms in total. The zero-order valence-corrected chi connectivity index (χ0v) is 24.8. The van der Waals surface area contributed by atoms with E-state index in [1.54, 1.807) is 7.11 Å². The molecule has 3 fully saturated rings. The maximum atomic E-state index is 14.1. The molecule has 1 N–H and O–H groups in total. The lowest BCUT2D eigenvalue weighted by Gasteiger charge is -2.52. The van der Waals surface area contributed by atoms with E-state index in [0.29, 0.717) is 25.3 Å². The molecule has 1 saturated carbocycles. The molecule has 41 heavy (non-hydrogen) atoms. The predicted molar refractivity (Wildman–Crippen MR) is 164 cm³/mol. The van der Waals surface area contributed by atoms with Crippen LogP contribution in [0.2, 0.25) is 0 Å². The Kier molecular flexibility index (Phi) is 8.45. The van der Waals surface area contributed by atoms with E-state index in [0.717, 1.165) is 37.4 Å². The average Bonchev–Trinajstić information content (AvgIpc) is 3.48. The summed E-state index contributed by atoms with van der Waals surface area (Å²) in [6.45, 7) is 2.92. The maximum Gasteiger partial charge on any atom is 0.246 e. The Morgan fingerprint density at radius 3 is 2.34 bits per heavy atom. The van der Waals surface area contributed by atoms with Gasteiger partial charge in [-0.25, -0.2) is 0 Å². The molecule has 2 aromatic carbocycles. The zero-order chi connectivity index (χ0) is 28.2. The number of piperidine rings is 1. The van der Waals surface area contributed by atoms with Gasteiger partial charge in [0.15, 0.2) is 0 Å². The Labute approximate surface area is 247 Å². The number of likely N-dealkylation sites (tertiary alicyclic amines) is 1. The Morgan fingerprint density at radius 2 is 1.63 bits per heavy atom. The summed E-state index contributed by atoms with van der Waals surface area (Å²) >= 11 is 1.81. The standard InChI is InChI=1S/C34H41N3O3S/c1-40-28-14-12-27(13-15-28)31-17-16-29(41-31)24-36-20-18-34(19-21-36)33(39)35-30(22-25-8-4-2-5-9-25)32(38)37(34)23-26-10-6-3-7-11-26/h3,6-7,10-17,25,30H,2,4-5,8-9,18-24H2,1H3,(H,35,39). The molecule has 0 bridgehead atoms. The van der Waals surface area contributed by atoms with Gasteiger partial charge in [0.1, 0.15) is 17.3 Å². The van der Waals surface area contributed by atoms with Crippen LogP contribution >= 0.6 is 11.3 Å². The van der Waals surface area contributed by atoms with Crippen molar-refractivity contribution in [2.24, 2.45) is 5.92 Å². The van der Waals surface area contributed by atoms with E-state index in [9.17, 15) is 9.59 Å². The molecule has 1 aliphatic carbocycles. The number of nitrogens with one attached hydrogen (secondary N) is 1. The Morgan fingerprint density at radius 1 is 0.902 bits per heavy atom. The van der Waals surface area contributed by atoms with E-state index in [-0.39, 0.29) is 11.8 Å². The van der Waals surface area contributed by atoms with Crippen molar-refractivity contribution in [3.05, 3.63) is 77.2 Å². The summed E-state index contributed by atoms with van der Waals surface area (Å²) in [5, 5.41) is 3.23. The SMILES string of the molecule is COc1ccc(-c2ccc(CN3CCC4(CC3)C(=O)NC(CC3CCCCC3)C(=O)N4Cc3ccccc3)s2)cc1. The molecule has 0 radical (unpaired) electrons. The van der Waals surface area contributed by atoms with Gasteiger partial charge in [-0.3, -0.25) is 14.5 Å². The number of carbonyl (C=O) groups is 2. The molecule has 3 aliphatic rings. The number of hydrogen-bond acceptors (Lipinski definition) is 5. The number of thiophene rings is 1. The molecule has 1 unspecified atom stereocenters. The first-order chi connectivity index (χ1) is 20.0. The molecule has 7 heteroatoms. The van der Waals surface area contributed by atoms with E-state index in [4.69, 9.17) is 4.74 Å². The summed E-state index contributed by atoms with van der Waals surface area (Å²) in [5.41, 5.74) is 1.49. The molecule has 1 aromatic heterocycles. The zero-order valence-electron chi connectivity index (χ0n) is 24.0. The van der Waals surface area contributed by atoms with Gasteiger partial charge in [0, 0.05) is 35.9 Å². The molecule has 3 aromatic rings. The van der Waals surface area contributed by atoms with Crippen molar-refractivity contribution in [2.45, 2.75) is 76.0 Å². The minimum Gasteiger partial charge on any atom is -0.497 e. The maximum absolute atomic E-state index is 14.1. The largest absolute Gasteiger partial charge is 0.497 e. The van der Waals surface area contributed by atoms with Crippen molar-refractivity contribution in [1.29, 1.82) is 0 Å². The van der Waals surface area contributed by atoms with Crippen LogP contribution in [-0.4, -0.2) is 53.4 Å². The smallest absolute Gasteiger partial charge is 0.246 e. The van der Waals surface area contributed by atoms with Gasteiger partial charge in [-0.2, -0.15) is 0 Å². The second-order valence-corrected chi connectivity index (χ2v) is 13.1. The van der Waals surface area contributed by atoms with Crippen molar-refractivity contribution in [1.82, 2.24) is 15.1 Å². The van der Waals surface area contributed by atoms with Crippen molar-refractivity contribution in [2.75, 3.05) is 20.2 Å². The van der Waals surface area contributed by atoms with Crippen LogP contribution in [0.15, 0.2) is 66.7 Å². The van der Waals surface area contributed by atoms with Gasteiger partial charge >= 0.3 is 0 Å². The highest BCUT2D eigenvalue weighted by atomic mass is 32.1. The van der Waals surface area contributed by atoms with Crippen molar-refractivity contribution in [3.8, 4) is 16.2 Å². The second-order valence-electron chi connectivity index (χ2n) is 12.0. The average molecular weight is 572 g/mol. The Balaban J connectivity index is 1.15. The Bertz CT molecular complexity index is 1320. The molecular formula is C34H41N3O3S. The number of amides is 2. The molecule has 1 spiro atoms. The van der Waals surface area contributed by atoms with Crippen LogP contribution in [0.4, 0.5) is 0 Å². The van der Waals surface area contributed by atoms with Crippen LogP contribution in [0.1, 0.15) is 61.8 Å². The fourth-order valence-electron chi connectivity index (χ4n) is 6.96. The number of carbonyl (C=O) groups excluding carboxylic acids is 2. The highest BCUT2D eigenvalue weighted by molar-refractivity contribution is 7.15. The van der Waals surface area contributed by atoms with E-state index in [1.165, 1.54) is 47.4 Å². The number of methoxy groups -OCH3 is 1. The van der Waals surface area contributed by atoms with Crippen LogP contribution < -0.4 is 10.1 Å². The molecule has 3 heterocycles. The molecule has 2 aliphatic heterocycles. The van der Waals surface area contributed by atoms with Gasteiger partial charge in [-0.05, 0) is 72.7 Å². The van der Waals surface area contributed by atoms with Gasteiger partial charge in [-0.1, -0.05) is 62.4 Å². The molecule has 2 saturated heterocycles. The third-order valence-electron chi connectivity index (χ3n) is 9.38. The van der Waals surface area contributed by atoms with Gasteiger partial charge < -0.3 is 15.0 Å². The minimum absolute atomic E-state index is 0.0476. The fourth-order valence-corrected chi connectivity index (χ4v) is 8.01. The molecule has 2 amide bonds. The highest BCUT2D eigenvalue weighted by Gasteiger charge is 2.53. The van der Waals surface area contributed by atoms with E-state index in [2.05, 4.69) is 46.6 Å². The van der Waals surface area contributed by atoms with Crippen molar-refractivity contribution in [3.63, 3.8) is 0 Å². The molecule has 6 rings (SSSR count). The minimum atomic E-state index is -0.782. The molecule has 1 atom stereocenters. The van der Waals surface area contributed by atoms with Crippen LogP contribution in [-0.2, 0) is 22.7 Å². The van der Waals surface area contributed by atoms with Crippen molar-refractivity contribution >= 4 is 23.2 Å². The predicted octanol–water partition coefficient (Wildman–Crippen LogP) is 6.26. The number of rotatable bonds is 8. The summed E-state index contributed by atoms with van der Waals surface area (Å²) in [4.78, 5) is 34.9. The van der Waals surface area contributed by atoms with Crippen LogP contribution in [0.5, 0.6) is 5.75 Å².